The number of carbonyl (C=O) groups is 1. The van der Waals surface area contributed by atoms with Crippen LogP contribution < -0.4 is 22.3 Å². The van der Waals surface area contributed by atoms with Crippen molar-refractivity contribution in [1.82, 2.24) is 0 Å². The Morgan fingerprint density at radius 3 is 2.29 bits per heavy atom. The van der Waals surface area contributed by atoms with Crippen LogP contribution in [0.5, 0.6) is 0 Å². The van der Waals surface area contributed by atoms with Crippen molar-refractivity contribution in [3.63, 3.8) is 0 Å². The lowest BCUT2D eigenvalue weighted by atomic mass is 10.2. The summed E-state index contributed by atoms with van der Waals surface area (Å²) < 4.78 is 36.7. The number of nitrogens with zero attached hydrogens (tertiary/aromatic N) is 2. The second kappa shape index (κ2) is 12.9. The van der Waals surface area contributed by atoms with Gasteiger partial charge in [0, 0.05) is 24.6 Å². The van der Waals surface area contributed by atoms with Crippen molar-refractivity contribution in [2.24, 2.45) is 7.05 Å². The van der Waals surface area contributed by atoms with E-state index in [0.717, 1.165) is 28.7 Å². The second-order valence-corrected chi connectivity index (χ2v) is 12.2. The summed E-state index contributed by atoms with van der Waals surface area (Å²) >= 11 is 3.51. The van der Waals surface area contributed by atoms with Gasteiger partial charge in [0.25, 0.3) is 4.34 Å². The highest BCUT2D eigenvalue weighted by molar-refractivity contribution is 8.00. The molecule has 7 nitrogen and oxygen atoms in total. The van der Waals surface area contributed by atoms with Gasteiger partial charge in [0.15, 0.2) is 0 Å². The Morgan fingerprint density at radius 2 is 1.76 bits per heavy atom. The summed E-state index contributed by atoms with van der Waals surface area (Å²) in [4.78, 5) is 11.9. The van der Waals surface area contributed by atoms with Crippen molar-refractivity contribution >= 4 is 55.0 Å². The fourth-order valence-corrected chi connectivity index (χ4v) is 5.40. The zero-order valence-electron chi connectivity index (χ0n) is 20.3. The molecule has 0 aliphatic heterocycles. The summed E-state index contributed by atoms with van der Waals surface area (Å²) in [6.07, 6.45) is 3.56. The molecule has 3 rings (SSSR count). The number of carbonyl (C=O) groups excluding carboxylic acids is 1. The fraction of sp³-hybridized carbons (Fsp3) is 0.391. The van der Waals surface area contributed by atoms with Crippen LogP contribution in [0.3, 0.4) is 0 Å². The van der Waals surface area contributed by atoms with Crippen LogP contribution in [0.2, 0.25) is 0 Å². The number of halogens is 1. The first-order valence-corrected chi connectivity index (χ1v) is 13.8. The minimum absolute atomic E-state index is 0. The lowest BCUT2D eigenvalue weighted by molar-refractivity contribution is -0.870. The predicted octanol–water partition coefficient (Wildman–Crippen LogP) is 0.776. The van der Waals surface area contributed by atoms with Crippen molar-refractivity contribution in [1.29, 1.82) is 0 Å². The highest BCUT2D eigenvalue weighted by atomic mass is 35.5. The number of rotatable bonds is 7. The number of aryl methyl sites for hydroxylation is 2. The van der Waals surface area contributed by atoms with Crippen LogP contribution in [-0.4, -0.2) is 57.3 Å². The van der Waals surface area contributed by atoms with Crippen molar-refractivity contribution < 1.29 is 39.2 Å². The third-order valence-electron chi connectivity index (χ3n) is 4.79. The molecule has 0 bridgehead atoms. The molecule has 34 heavy (non-hydrogen) atoms. The second-order valence-electron chi connectivity index (χ2n) is 8.75. The highest BCUT2D eigenvalue weighted by Crippen LogP contribution is 2.28. The molecule has 0 atom stereocenters. The van der Waals surface area contributed by atoms with Gasteiger partial charge in [-0.25, -0.2) is 8.42 Å². The molecular formula is C23H32ClN3O4S3. The number of quaternary nitrogens is 1. The monoisotopic (exact) mass is 545 g/mol. The zero-order valence-corrected chi connectivity index (χ0v) is 23.5. The van der Waals surface area contributed by atoms with Gasteiger partial charge >= 0.3 is 0 Å². The first-order chi connectivity index (χ1) is 15.3. The fourth-order valence-electron chi connectivity index (χ4n) is 3.03. The topological polar surface area (TPSA) is 90.2 Å². The van der Waals surface area contributed by atoms with Crippen LogP contribution in [0.25, 0.3) is 10.2 Å². The van der Waals surface area contributed by atoms with Crippen LogP contribution in [0, 0.1) is 6.92 Å². The normalized spacial score (nSPS) is 11.4. The van der Waals surface area contributed by atoms with Gasteiger partial charge < -0.3 is 26.8 Å². The number of amides is 1. The van der Waals surface area contributed by atoms with Gasteiger partial charge in [0.2, 0.25) is 11.4 Å². The van der Waals surface area contributed by atoms with E-state index in [0.29, 0.717) is 6.42 Å². The molecule has 0 unspecified atom stereocenters. The number of nitrogens with one attached hydrogen (secondary N) is 1. The maximum atomic E-state index is 12.0. The van der Waals surface area contributed by atoms with Gasteiger partial charge in [0.1, 0.15) is 21.9 Å². The van der Waals surface area contributed by atoms with Crippen LogP contribution >= 0.6 is 23.1 Å². The van der Waals surface area contributed by atoms with Crippen molar-refractivity contribution in [3.8, 4) is 0 Å². The molecular weight excluding hydrogens is 514 g/mol. The maximum Gasteiger partial charge on any atom is 0.297 e. The number of hydrogen-bond donors (Lipinski definition) is 1. The van der Waals surface area contributed by atoms with Crippen LogP contribution in [0.15, 0.2) is 51.7 Å². The molecule has 11 heteroatoms. The lowest BCUT2D eigenvalue weighted by Crippen LogP contribution is -3.00. The lowest BCUT2D eigenvalue weighted by Gasteiger charge is -2.23. The highest BCUT2D eigenvalue weighted by Gasteiger charge is 2.16. The summed E-state index contributed by atoms with van der Waals surface area (Å²) in [6, 6.07) is 11.9. The van der Waals surface area contributed by atoms with Crippen LogP contribution in [0.4, 0.5) is 5.69 Å². The summed E-state index contributed by atoms with van der Waals surface area (Å²) in [5.41, 5.74) is 3.02. The molecule has 3 aromatic rings. The van der Waals surface area contributed by atoms with E-state index in [9.17, 15) is 17.8 Å². The summed E-state index contributed by atoms with van der Waals surface area (Å²) in [5.74, 6) is 0.0961. The maximum absolute atomic E-state index is 12.0. The van der Waals surface area contributed by atoms with E-state index < -0.39 is 10.1 Å². The number of fused-ring (bicyclic) bond motifs is 1. The number of anilines is 1. The summed E-state index contributed by atoms with van der Waals surface area (Å²) in [5, 5.41) is 3.01. The zero-order chi connectivity index (χ0) is 24.8. The van der Waals surface area contributed by atoms with E-state index in [1.54, 1.807) is 35.2 Å². The van der Waals surface area contributed by atoms with E-state index in [1.165, 1.54) is 26.7 Å². The molecule has 0 radical (unpaired) electrons. The smallest absolute Gasteiger partial charge is 0.297 e. The van der Waals surface area contributed by atoms with E-state index in [2.05, 4.69) is 56.5 Å². The van der Waals surface area contributed by atoms with E-state index in [-0.39, 0.29) is 23.2 Å². The van der Waals surface area contributed by atoms with Crippen molar-refractivity contribution in [2.75, 3.05) is 39.3 Å². The van der Waals surface area contributed by atoms with Gasteiger partial charge in [-0.15, -0.1) is 0 Å². The molecule has 1 amide bonds. The molecule has 188 valence electrons. The van der Waals surface area contributed by atoms with E-state index in [4.69, 9.17) is 0 Å². The predicted molar refractivity (Wildman–Crippen MR) is 135 cm³/mol. The molecule has 0 aliphatic carbocycles. The molecule has 1 aromatic heterocycles. The number of thioether (sulfide) groups is 1. The quantitative estimate of drug-likeness (QED) is 0.205. The Bertz CT molecular complexity index is 1200. The Balaban J connectivity index is 0.000000407. The largest absolute Gasteiger partial charge is 1.00 e. The Labute approximate surface area is 216 Å². The summed E-state index contributed by atoms with van der Waals surface area (Å²) in [6.45, 7) is 2.82. The number of hydrogen-bond acceptors (Lipinski definition) is 6. The third-order valence-corrected chi connectivity index (χ3v) is 8.01. The first-order valence-electron chi connectivity index (χ1n) is 10.4. The van der Waals surface area contributed by atoms with Crippen LogP contribution in [0.1, 0.15) is 18.4 Å². The molecule has 0 saturated carbocycles. The Kier molecular flexibility index (Phi) is 11.5. The molecule has 1 heterocycles. The molecule has 0 spiro atoms. The van der Waals surface area contributed by atoms with Crippen LogP contribution in [-0.2, 0) is 22.0 Å². The standard InChI is InChI=1S/C16H24N3OS2.C7H8O3S.ClH/c1-18-13-9-8-12(11-14(13)22-16(18)21-5)17-15(20)7-6-10-19(2,3)4;1-6-2-4-7(5-3-6)11(8,9)10;/h8-9,11H,6-7,10H2,1-5H3;2-5H,1H3,(H,8,9,10);1H/q+1;;/p-1. The van der Waals surface area contributed by atoms with E-state index in [1.807, 2.05) is 13.0 Å². The van der Waals surface area contributed by atoms with Gasteiger partial charge in [0.05, 0.1) is 32.6 Å². The molecule has 0 fully saturated rings. The van der Waals surface area contributed by atoms with Gasteiger partial charge in [-0.2, -0.15) is 4.57 Å². The van der Waals surface area contributed by atoms with Gasteiger partial charge in [-0.3, -0.25) is 4.79 Å². The molecule has 0 aliphatic rings. The van der Waals surface area contributed by atoms with Crippen molar-refractivity contribution in [2.45, 2.75) is 29.0 Å². The van der Waals surface area contributed by atoms with Gasteiger partial charge in [-0.1, -0.05) is 29.0 Å². The number of benzene rings is 2. The summed E-state index contributed by atoms with van der Waals surface area (Å²) in [7, 11) is 4.24. The number of thiazole rings is 1. The van der Waals surface area contributed by atoms with Gasteiger partial charge in [-0.05, 0) is 49.2 Å². The molecule has 1 N–H and O–H groups in total. The average Bonchev–Trinajstić information content (AvgIpc) is 3.02. The Morgan fingerprint density at radius 1 is 1.15 bits per heavy atom. The van der Waals surface area contributed by atoms with Crippen molar-refractivity contribution in [3.05, 3.63) is 48.0 Å². The molecule has 2 aromatic carbocycles. The Hall–Kier alpha value is -1.69. The average molecular weight is 546 g/mol. The molecule has 0 saturated heterocycles. The minimum Gasteiger partial charge on any atom is -1.00 e. The number of aromatic nitrogens is 1. The third kappa shape index (κ3) is 9.52. The van der Waals surface area contributed by atoms with E-state index >= 15 is 0 Å². The minimum atomic E-state index is -4.27. The first kappa shape index (κ1) is 30.3. The SMILES string of the molecule is CSc1sc2cc(NC(=O)CCC[N+](C)(C)C)ccc2[n+]1C.Cc1ccc(S(=O)(=O)[O-])cc1.[Cl-].